The summed E-state index contributed by atoms with van der Waals surface area (Å²) in [5.41, 5.74) is 7.88. The van der Waals surface area contributed by atoms with E-state index < -0.39 is 11.9 Å². The Morgan fingerprint density at radius 1 is 1.28 bits per heavy atom. The van der Waals surface area contributed by atoms with Crippen LogP contribution in [0.3, 0.4) is 0 Å². The van der Waals surface area contributed by atoms with Gasteiger partial charge in [0.2, 0.25) is 11.8 Å². The average Bonchev–Trinajstić information content (AvgIpc) is 2.91. The van der Waals surface area contributed by atoms with Crippen LogP contribution in [0.25, 0.3) is 0 Å². The molecule has 2 heterocycles. The summed E-state index contributed by atoms with van der Waals surface area (Å²) in [6.07, 6.45) is 0.633. The van der Waals surface area contributed by atoms with E-state index in [9.17, 15) is 14.4 Å². The Morgan fingerprint density at radius 3 is 2.88 bits per heavy atom. The van der Waals surface area contributed by atoms with Crippen molar-refractivity contribution >= 4 is 17.7 Å². The van der Waals surface area contributed by atoms with Gasteiger partial charge in [0.15, 0.2) is 0 Å². The molecule has 1 fully saturated rings. The number of hydrogen-bond donors (Lipinski definition) is 3. The predicted octanol–water partition coefficient (Wildman–Crippen LogP) is -0.501. The molecule has 0 aliphatic carbocycles. The molecule has 25 heavy (non-hydrogen) atoms. The van der Waals surface area contributed by atoms with Gasteiger partial charge in [-0.05, 0) is 23.6 Å². The molecular formula is C18H20N4O3. The topological polar surface area (TPSA) is 105 Å². The van der Waals surface area contributed by atoms with Crippen molar-refractivity contribution in [3.8, 4) is 11.8 Å². The van der Waals surface area contributed by atoms with Gasteiger partial charge in [-0.25, -0.2) is 0 Å². The molecule has 0 aromatic heterocycles. The molecular weight excluding hydrogens is 320 g/mol. The van der Waals surface area contributed by atoms with Gasteiger partial charge >= 0.3 is 0 Å². The van der Waals surface area contributed by atoms with E-state index in [-0.39, 0.29) is 18.2 Å². The van der Waals surface area contributed by atoms with E-state index in [1.165, 1.54) is 0 Å². The van der Waals surface area contributed by atoms with Crippen LogP contribution in [0.4, 0.5) is 0 Å². The van der Waals surface area contributed by atoms with E-state index in [0.29, 0.717) is 38.2 Å². The summed E-state index contributed by atoms with van der Waals surface area (Å²) in [5, 5.41) is 5.50. The lowest BCUT2D eigenvalue weighted by atomic mass is 10.0. The van der Waals surface area contributed by atoms with Crippen molar-refractivity contribution in [3.05, 3.63) is 34.9 Å². The molecule has 2 aliphatic heterocycles. The molecule has 0 radical (unpaired) electrons. The van der Waals surface area contributed by atoms with Gasteiger partial charge in [0.1, 0.15) is 6.04 Å². The number of amides is 3. The third kappa shape index (κ3) is 3.71. The summed E-state index contributed by atoms with van der Waals surface area (Å²) >= 11 is 0. The first-order valence-corrected chi connectivity index (χ1v) is 8.23. The molecule has 7 heteroatoms. The predicted molar refractivity (Wildman–Crippen MR) is 91.0 cm³/mol. The van der Waals surface area contributed by atoms with Crippen molar-refractivity contribution in [2.24, 2.45) is 5.73 Å². The summed E-state index contributed by atoms with van der Waals surface area (Å²) in [7, 11) is 0. The molecule has 0 saturated carbocycles. The number of hydrogen-bond acceptors (Lipinski definition) is 5. The van der Waals surface area contributed by atoms with Crippen LogP contribution in [0.5, 0.6) is 0 Å². The number of nitrogens with two attached hydrogens (primary N) is 1. The summed E-state index contributed by atoms with van der Waals surface area (Å²) in [6, 6.07) is 5.09. The van der Waals surface area contributed by atoms with Crippen molar-refractivity contribution in [2.75, 3.05) is 13.1 Å². The summed E-state index contributed by atoms with van der Waals surface area (Å²) < 4.78 is 0. The van der Waals surface area contributed by atoms with Gasteiger partial charge in [-0.15, -0.1) is 0 Å². The molecule has 0 bridgehead atoms. The zero-order valence-corrected chi connectivity index (χ0v) is 13.8. The first-order valence-electron chi connectivity index (χ1n) is 8.23. The lowest BCUT2D eigenvalue weighted by Gasteiger charge is -2.29. The first kappa shape index (κ1) is 17.1. The van der Waals surface area contributed by atoms with Crippen LogP contribution in [0.15, 0.2) is 18.2 Å². The van der Waals surface area contributed by atoms with Crippen LogP contribution >= 0.6 is 0 Å². The molecule has 2 aliphatic rings. The lowest BCUT2D eigenvalue weighted by Crippen LogP contribution is -2.52. The number of nitrogens with one attached hydrogen (secondary N) is 2. The molecule has 1 aromatic carbocycles. The van der Waals surface area contributed by atoms with Gasteiger partial charge < -0.3 is 16.0 Å². The van der Waals surface area contributed by atoms with Gasteiger partial charge in [-0.3, -0.25) is 19.7 Å². The second-order valence-corrected chi connectivity index (χ2v) is 6.05. The standard InChI is InChI=1S/C18H20N4O3/c19-7-1-2-8-20-10-12-3-4-14-13(9-12)11-22(18(14)25)15-5-6-16(23)21-17(15)24/h3-4,9,15,20H,5-8,10-11,19H2,(H,21,23,24). The minimum absolute atomic E-state index is 0.155. The van der Waals surface area contributed by atoms with Crippen LogP contribution in [0.2, 0.25) is 0 Å². The van der Waals surface area contributed by atoms with E-state index in [2.05, 4.69) is 22.5 Å². The SMILES string of the molecule is NCC#CCNCc1ccc2c(c1)CN(C1CCC(=O)NC1=O)C2=O. The zero-order valence-electron chi connectivity index (χ0n) is 13.8. The molecule has 4 N–H and O–H groups in total. The minimum atomic E-state index is -0.578. The van der Waals surface area contributed by atoms with Crippen LogP contribution in [-0.2, 0) is 22.7 Å². The van der Waals surface area contributed by atoms with Gasteiger partial charge in [-0.2, -0.15) is 0 Å². The molecule has 1 aromatic rings. The van der Waals surface area contributed by atoms with Gasteiger partial charge in [0, 0.05) is 25.1 Å². The highest BCUT2D eigenvalue weighted by atomic mass is 16.2. The van der Waals surface area contributed by atoms with Crippen molar-refractivity contribution < 1.29 is 14.4 Å². The number of carbonyl (C=O) groups excluding carboxylic acids is 3. The fourth-order valence-electron chi connectivity index (χ4n) is 3.14. The molecule has 3 rings (SSSR count). The second-order valence-electron chi connectivity index (χ2n) is 6.05. The molecule has 130 valence electrons. The smallest absolute Gasteiger partial charge is 0.255 e. The Labute approximate surface area is 145 Å². The third-order valence-electron chi connectivity index (χ3n) is 4.36. The van der Waals surface area contributed by atoms with E-state index in [0.717, 1.165) is 11.1 Å². The maximum atomic E-state index is 12.6. The molecule has 3 amide bonds. The third-order valence-corrected chi connectivity index (χ3v) is 4.36. The number of benzene rings is 1. The highest BCUT2D eigenvalue weighted by molar-refractivity contribution is 6.05. The summed E-state index contributed by atoms with van der Waals surface area (Å²) in [6.45, 7) is 1.93. The van der Waals surface area contributed by atoms with E-state index in [1.807, 2.05) is 12.1 Å². The Balaban J connectivity index is 1.67. The molecule has 1 saturated heterocycles. The van der Waals surface area contributed by atoms with E-state index in [1.54, 1.807) is 11.0 Å². The van der Waals surface area contributed by atoms with Crippen molar-refractivity contribution in [1.29, 1.82) is 0 Å². The second kappa shape index (κ2) is 7.47. The van der Waals surface area contributed by atoms with Gasteiger partial charge in [-0.1, -0.05) is 24.0 Å². The number of imide groups is 1. The van der Waals surface area contributed by atoms with Crippen LogP contribution in [0.1, 0.15) is 34.3 Å². The summed E-state index contributed by atoms with van der Waals surface area (Å²) in [4.78, 5) is 37.4. The lowest BCUT2D eigenvalue weighted by molar-refractivity contribution is -0.136. The largest absolute Gasteiger partial charge is 0.322 e. The highest BCUT2D eigenvalue weighted by Gasteiger charge is 2.38. The fraction of sp³-hybridized carbons (Fsp3) is 0.389. The van der Waals surface area contributed by atoms with E-state index >= 15 is 0 Å². The van der Waals surface area contributed by atoms with Crippen molar-refractivity contribution in [3.63, 3.8) is 0 Å². The van der Waals surface area contributed by atoms with Gasteiger partial charge in [0.25, 0.3) is 5.91 Å². The Morgan fingerprint density at radius 2 is 2.12 bits per heavy atom. The van der Waals surface area contributed by atoms with Crippen LogP contribution < -0.4 is 16.4 Å². The van der Waals surface area contributed by atoms with Crippen LogP contribution in [-0.4, -0.2) is 41.8 Å². The summed E-state index contributed by atoms with van der Waals surface area (Å²) in [5.74, 6) is 4.86. The normalized spacial score (nSPS) is 19.3. The Kier molecular flexibility index (Phi) is 5.12. The monoisotopic (exact) mass is 340 g/mol. The number of rotatable bonds is 4. The number of nitrogens with zero attached hydrogens (tertiary/aromatic N) is 1. The van der Waals surface area contributed by atoms with Crippen molar-refractivity contribution in [1.82, 2.24) is 15.5 Å². The highest BCUT2D eigenvalue weighted by Crippen LogP contribution is 2.28. The molecule has 7 nitrogen and oxygen atoms in total. The number of fused-ring (bicyclic) bond motifs is 1. The molecule has 0 spiro atoms. The molecule has 1 unspecified atom stereocenters. The average molecular weight is 340 g/mol. The quantitative estimate of drug-likeness (QED) is 0.389. The Hall–Kier alpha value is -2.69. The Bertz CT molecular complexity index is 778. The van der Waals surface area contributed by atoms with Crippen LogP contribution in [0, 0.1) is 11.8 Å². The maximum Gasteiger partial charge on any atom is 0.255 e. The maximum absolute atomic E-state index is 12.6. The number of piperidine rings is 1. The zero-order chi connectivity index (χ0) is 17.8. The fourth-order valence-corrected chi connectivity index (χ4v) is 3.14. The van der Waals surface area contributed by atoms with Crippen molar-refractivity contribution in [2.45, 2.75) is 32.0 Å². The number of carbonyl (C=O) groups is 3. The van der Waals surface area contributed by atoms with Gasteiger partial charge in [0.05, 0.1) is 13.1 Å². The molecule has 1 atom stereocenters. The first-order chi connectivity index (χ1) is 12.1. The minimum Gasteiger partial charge on any atom is -0.322 e. The van der Waals surface area contributed by atoms with E-state index in [4.69, 9.17) is 5.73 Å².